The lowest BCUT2D eigenvalue weighted by atomic mass is 10.4. The van der Waals surface area contributed by atoms with Gasteiger partial charge in [0.25, 0.3) is 0 Å². The van der Waals surface area contributed by atoms with Crippen molar-refractivity contribution in [3.8, 4) is 5.75 Å². The number of nitrogens with zero attached hydrogens (tertiary/aromatic N) is 2. The summed E-state index contributed by atoms with van der Waals surface area (Å²) >= 11 is 3.35. The quantitative estimate of drug-likeness (QED) is 0.856. The number of aromatic hydroxyl groups is 1. The van der Waals surface area contributed by atoms with Gasteiger partial charge >= 0.3 is 0 Å². The Hall–Kier alpha value is -1.07. The molecular formula is C9H10BrN3O. The van der Waals surface area contributed by atoms with E-state index in [1.807, 2.05) is 11.4 Å². The predicted octanol–water partition coefficient (Wildman–Crippen LogP) is 1.52. The van der Waals surface area contributed by atoms with E-state index < -0.39 is 0 Å². The zero-order chi connectivity index (χ0) is 10.1. The van der Waals surface area contributed by atoms with Gasteiger partial charge in [-0.3, -0.25) is 0 Å². The molecule has 5 heteroatoms. The van der Waals surface area contributed by atoms with Crippen LogP contribution >= 0.6 is 15.9 Å². The molecule has 2 N–H and O–H groups in total. The Bertz CT molecular complexity index is 466. The highest BCUT2D eigenvalue weighted by Crippen LogP contribution is 2.22. The number of hydrogen-bond acceptors (Lipinski definition) is 3. The second kappa shape index (κ2) is 3.59. The summed E-state index contributed by atoms with van der Waals surface area (Å²) in [4.78, 5) is 4.33. The number of rotatable bonds is 2. The maximum absolute atomic E-state index is 9.32. The minimum absolute atomic E-state index is 0.245. The van der Waals surface area contributed by atoms with Crippen molar-refractivity contribution in [2.45, 2.75) is 6.54 Å². The second-order valence-corrected chi connectivity index (χ2v) is 3.74. The van der Waals surface area contributed by atoms with Crippen molar-refractivity contribution in [1.82, 2.24) is 14.7 Å². The van der Waals surface area contributed by atoms with Gasteiger partial charge in [0.1, 0.15) is 16.2 Å². The highest BCUT2D eigenvalue weighted by Gasteiger charge is 2.08. The van der Waals surface area contributed by atoms with Crippen molar-refractivity contribution in [3.63, 3.8) is 0 Å². The van der Waals surface area contributed by atoms with Crippen LogP contribution in [0.3, 0.4) is 0 Å². The number of hydrogen-bond donors (Lipinski definition) is 2. The van der Waals surface area contributed by atoms with Gasteiger partial charge in [0.2, 0.25) is 0 Å². The van der Waals surface area contributed by atoms with Crippen LogP contribution in [0.15, 0.2) is 22.9 Å². The number of halogens is 1. The zero-order valence-electron chi connectivity index (χ0n) is 7.66. The molecule has 74 valence electrons. The fraction of sp³-hybridized carbons (Fsp3) is 0.222. The van der Waals surface area contributed by atoms with Gasteiger partial charge in [0.15, 0.2) is 0 Å². The van der Waals surface area contributed by atoms with Crippen molar-refractivity contribution >= 4 is 21.4 Å². The molecule has 0 aliphatic heterocycles. The monoisotopic (exact) mass is 255 g/mol. The third-order valence-corrected chi connectivity index (χ3v) is 2.57. The molecule has 0 aliphatic rings. The zero-order valence-corrected chi connectivity index (χ0v) is 9.24. The number of aromatic nitrogens is 2. The maximum Gasteiger partial charge on any atom is 0.132 e. The van der Waals surface area contributed by atoms with Crippen LogP contribution in [0.2, 0.25) is 0 Å². The average Bonchev–Trinajstić information content (AvgIpc) is 2.44. The molecular weight excluding hydrogens is 246 g/mol. The summed E-state index contributed by atoms with van der Waals surface area (Å²) in [5.41, 5.74) is 0.871. The Morgan fingerprint density at radius 3 is 3.14 bits per heavy atom. The van der Waals surface area contributed by atoms with Crippen LogP contribution in [0.4, 0.5) is 0 Å². The van der Waals surface area contributed by atoms with E-state index in [0.29, 0.717) is 6.54 Å². The van der Waals surface area contributed by atoms with E-state index in [4.69, 9.17) is 0 Å². The summed E-state index contributed by atoms with van der Waals surface area (Å²) in [6.07, 6.45) is 1.80. The fourth-order valence-corrected chi connectivity index (χ4v) is 1.89. The van der Waals surface area contributed by atoms with Crippen molar-refractivity contribution in [2.24, 2.45) is 0 Å². The van der Waals surface area contributed by atoms with Crippen LogP contribution in [0, 0.1) is 0 Å². The molecule has 2 heterocycles. The number of fused-ring (bicyclic) bond motifs is 1. The van der Waals surface area contributed by atoms with E-state index in [9.17, 15) is 5.11 Å². The molecule has 0 saturated heterocycles. The molecule has 14 heavy (non-hydrogen) atoms. The summed E-state index contributed by atoms with van der Waals surface area (Å²) in [7, 11) is 1.87. The minimum Gasteiger partial charge on any atom is -0.508 e. The van der Waals surface area contributed by atoms with Gasteiger partial charge in [-0.05, 0) is 29.0 Å². The smallest absolute Gasteiger partial charge is 0.132 e. The van der Waals surface area contributed by atoms with E-state index in [2.05, 4.69) is 26.2 Å². The fourth-order valence-electron chi connectivity index (χ4n) is 1.38. The minimum atomic E-state index is 0.245. The molecule has 2 aromatic heterocycles. The lowest BCUT2D eigenvalue weighted by Gasteiger charge is -1.99. The van der Waals surface area contributed by atoms with Crippen molar-refractivity contribution < 1.29 is 5.11 Å². The van der Waals surface area contributed by atoms with Crippen LogP contribution < -0.4 is 5.32 Å². The van der Waals surface area contributed by atoms with Gasteiger partial charge in [-0.1, -0.05) is 0 Å². The Balaban J connectivity index is 2.65. The van der Waals surface area contributed by atoms with Crippen molar-refractivity contribution in [3.05, 3.63) is 28.8 Å². The SMILES string of the molecule is CNCc1nc(Br)c2cc(O)ccn12. The molecule has 0 radical (unpaired) electrons. The normalized spacial score (nSPS) is 11.0. The van der Waals surface area contributed by atoms with Crippen molar-refractivity contribution in [1.29, 1.82) is 0 Å². The first-order valence-electron chi connectivity index (χ1n) is 4.22. The largest absolute Gasteiger partial charge is 0.508 e. The van der Waals surface area contributed by atoms with Crippen LogP contribution in [-0.2, 0) is 6.54 Å². The summed E-state index contributed by atoms with van der Waals surface area (Å²) in [6, 6.07) is 3.32. The summed E-state index contributed by atoms with van der Waals surface area (Å²) in [6.45, 7) is 0.692. The molecule has 0 fully saturated rings. The molecule has 4 nitrogen and oxygen atoms in total. The molecule has 0 aromatic carbocycles. The molecule has 2 aromatic rings. The molecule has 0 amide bonds. The number of imidazole rings is 1. The van der Waals surface area contributed by atoms with Crippen LogP contribution in [0.1, 0.15) is 5.82 Å². The van der Waals surface area contributed by atoms with Gasteiger partial charge in [-0.15, -0.1) is 0 Å². The van der Waals surface area contributed by atoms with E-state index >= 15 is 0 Å². The Kier molecular flexibility index (Phi) is 2.43. The van der Waals surface area contributed by atoms with Crippen molar-refractivity contribution in [2.75, 3.05) is 7.05 Å². The third kappa shape index (κ3) is 1.49. The van der Waals surface area contributed by atoms with Gasteiger partial charge in [0, 0.05) is 12.3 Å². The molecule has 0 saturated carbocycles. The first-order valence-corrected chi connectivity index (χ1v) is 5.01. The molecule has 0 bridgehead atoms. The van der Waals surface area contributed by atoms with E-state index in [1.165, 1.54) is 0 Å². The molecule has 0 spiro atoms. The number of nitrogens with one attached hydrogen (secondary N) is 1. The first-order chi connectivity index (χ1) is 6.72. The summed E-state index contributed by atoms with van der Waals surface area (Å²) < 4.78 is 2.68. The van der Waals surface area contributed by atoms with Gasteiger partial charge < -0.3 is 14.8 Å². The standard InChI is InChI=1S/C9H10BrN3O/c1-11-5-8-12-9(10)7-4-6(14)2-3-13(7)8/h2-4,11,14H,5H2,1H3. The average molecular weight is 256 g/mol. The summed E-state index contributed by atoms with van der Waals surface area (Å²) in [5, 5.41) is 12.4. The molecule has 2 rings (SSSR count). The maximum atomic E-state index is 9.32. The van der Waals surface area contributed by atoms with E-state index in [-0.39, 0.29) is 5.75 Å². The third-order valence-electron chi connectivity index (χ3n) is 1.99. The lowest BCUT2D eigenvalue weighted by molar-refractivity contribution is 0.475. The summed E-state index contributed by atoms with van der Waals surface area (Å²) in [5.74, 6) is 1.16. The van der Waals surface area contributed by atoms with Gasteiger partial charge in [-0.2, -0.15) is 0 Å². The first kappa shape index (κ1) is 9.48. The Morgan fingerprint density at radius 2 is 2.43 bits per heavy atom. The van der Waals surface area contributed by atoms with Crippen LogP contribution in [0.5, 0.6) is 5.75 Å². The van der Waals surface area contributed by atoms with Crippen LogP contribution in [0.25, 0.3) is 5.52 Å². The van der Waals surface area contributed by atoms with Crippen LogP contribution in [-0.4, -0.2) is 21.5 Å². The lowest BCUT2D eigenvalue weighted by Crippen LogP contribution is -2.08. The molecule has 0 unspecified atom stereocenters. The highest BCUT2D eigenvalue weighted by molar-refractivity contribution is 9.10. The highest BCUT2D eigenvalue weighted by atomic mass is 79.9. The van der Waals surface area contributed by atoms with Gasteiger partial charge in [-0.25, -0.2) is 4.98 Å². The second-order valence-electron chi connectivity index (χ2n) is 2.99. The molecule has 0 atom stereocenters. The topological polar surface area (TPSA) is 49.6 Å². The van der Waals surface area contributed by atoms with Gasteiger partial charge in [0.05, 0.1) is 12.1 Å². The van der Waals surface area contributed by atoms with E-state index in [1.54, 1.807) is 18.3 Å². The molecule has 0 aliphatic carbocycles. The Labute approximate surface area is 89.7 Å². The van der Waals surface area contributed by atoms with E-state index in [0.717, 1.165) is 15.9 Å². The Morgan fingerprint density at radius 1 is 1.64 bits per heavy atom. The number of pyridine rings is 1. The predicted molar refractivity (Wildman–Crippen MR) is 57.3 cm³/mol.